The first kappa shape index (κ1) is 14.3. The highest BCUT2D eigenvalue weighted by Gasteiger charge is 2.44. The number of amides is 1. The van der Waals surface area contributed by atoms with E-state index in [-0.39, 0.29) is 18.8 Å². The Morgan fingerprint density at radius 3 is 2.70 bits per heavy atom. The summed E-state index contributed by atoms with van der Waals surface area (Å²) in [6, 6.07) is -0.622. The minimum atomic E-state index is -4.93. The molecule has 1 atom stereocenters. The summed E-state index contributed by atoms with van der Waals surface area (Å²) in [5, 5.41) is 16.0. The summed E-state index contributed by atoms with van der Waals surface area (Å²) in [4.78, 5) is 22.8. The molecule has 20 heavy (non-hydrogen) atoms. The Hall–Kier alpha value is -2.13. The molecule has 10 heteroatoms. The highest BCUT2D eigenvalue weighted by atomic mass is 19.4. The lowest BCUT2D eigenvalue weighted by Crippen LogP contribution is -2.47. The minimum absolute atomic E-state index is 0.00799. The summed E-state index contributed by atoms with van der Waals surface area (Å²) in [6.07, 6.45) is -3.14. The van der Waals surface area contributed by atoms with Crippen LogP contribution in [0.2, 0.25) is 0 Å². The second kappa shape index (κ2) is 5.10. The number of hydrogen-bond donors (Lipinski definition) is 1. The topological polar surface area (TPSA) is 88.3 Å². The number of hydrogen-bond acceptors (Lipinski definition) is 4. The maximum atomic E-state index is 12.4. The molecule has 1 aromatic rings. The van der Waals surface area contributed by atoms with Crippen LogP contribution in [0, 0.1) is 0 Å². The second-order valence-electron chi connectivity index (χ2n) is 4.41. The normalized spacial score (nSPS) is 19.9. The molecular formula is C10H11F3N4O3. The zero-order chi connectivity index (χ0) is 14.9. The maximum absolute atomic E-state index is 12.4. The van der Waals surface area contributed by atoms with Crippen LogP contribution in [0.25, 0.3) is 0 Å². The molecule has 1 N–H and O–H groups in total. The molecule has 1 fully saturated rings. The third-order valence-corrected chi connectivity index (χ3v) is 3.07. The van der Waals surface area contributed by atoms with Gasteiger partial charge in [-0.15, -0.1) is 5.10 Å². The molecule has 0 aliphatic carbocycles. The van der Waals surface area contributed by atoms with E-state index in [2.05, 4.69) is 10.3 Å². The van der Waals surface area contributed by atoms with Crippen LogP contribution in [-0.4, -0.2) is 56.1 Å². The van der Waals surface area contributed by atoms with Crippen LogP contribution < -0.4 is 0 Å². The van der Waals surface area contributed by atoms with Crippen LogP contribution in [0.3, 0.4) is 0 Å². The van der Waals surface area contributed by atoms with Gasteiger partial charge >= 0.3 is 18.1 Å². The molecule has 1 saturated heterocycles. The number of nitrogens with zero attached hydrogens (tertiary/aromatic N) is 4. The second-order valence-corrected chi connectivity index (χ2v) is 4.41. The van der Waals surface area contributed by atoms with Crippen molar-refractivity contribution in [1.29, 1.82) is 0 Å². The zero-order valence-electron chi connectivity index (χ0n) is 10.2. The lowest BCUT2D eigenvalue weighted by atomic mass is 10.1. The Morgan fingerprint density at radius 2 is 2.10 bits per heavy atom. The zero-order valence-corrected chi connectivity index (χ0v) is 10.2. The van der Waals surface area contributed by atoms with E-state index in [0.29, 0.717) is 17.7 Å². The average Bonchev–Trinajstić information content (AvgIpc) is 2.86. The van der Waals surface area contributed by atoms with Gasteiger partial charge in [0.15, 0.2) is 5.69 Å². The van der Waals surface area contributed by atoms with Crippen molar-refractivity contribution in [2.75, 3.05) is 13.1 Å². The van der Waals surface area contributed by atoms with E-state index in [0.717, 1.165) is 10.9 Å². The van der Waals surface area contributed by atoms with Gasteiger partial charge in [0.1, 0.15) is 0 Å². The minimum Gasteiger partial charge on any atom is -0.476 e. The Bertz CT molecular complexity index is 528. The average molecular weight is 292 g/mol. The molecule has 1 aliphatic rings. The number of aromatic carboxylic acids is 1. The standard InChI is InChI=1S/C10H11F3N4O3/c11-10(12,13)9(20)16-3-1-2-6(5-16)17-7(8(18)19)4-14-15-17/h4,6H,1-3,5H2,(H,18,19). The van der Waals surface area contributed by atoms with Gasteiger partial charge in [-0.25, -0.2) is 9.48 Å². The molecule has 110 valence electrons. The molecule has 0 bridgehead atoms. The lowest BCUT2D eigenvalue weighted by Gasteiger charge is -2.33. The van der Waals surface area contributed by atoms with E-state index in [1.807, 2.05) is 0 Å². The number of halogens is 3. The van der Waals surface area contributed by atoms with Crippen LogP contribution in [0.1, 0.15) is 29.4 Å². The van der Waals surface area contributed by atoms with E-state index in [9.17, 15) is 22.8 Å². The lowest BCUT2D eigenvalue weighted by molar-refractivity contribution is -0.187. The van der Waals surface area contributed by atoms with Crippen LogP contribution in [-0.2, 0) is 4.79 Å². The predicted octanol–water partition coefficient (Wildman–Crippen LogP) is 0.702. The number of alkyl halides is 3. The molecule has 1 unspecified atom stereocenters. The highest BCUT2D eigenvalue weighted by Crippen LogP contribution is 2.26. The molecule has 0 saturated carbocycles. The van der Waals surface area contributed by atoms with Gasteiger partial charge in [-0.2, -0.15) is 13.2 Å². The van der Waals surface area contributed by atoms with Crippen LogP contribution in [0.5, 0.6) is 0 Å². The fraction of sp³-hybridized carbons (Fsp3) is 0.600. The van der Waals surface area contributed by atoms with Crippen molar-refractivity contribution < 1.29 is 27.9 Å². The van der Waals surface area contributed by atoms with Gasteiger partial charge in [0.05, 0.1) is 12.2 Å². The van der Waals surface area contributed by atoms with E-state index in [1.165, 1.54) is 0 Å². The highest BCUT2D eigenvalue weighted by molar-refractivity contribution is 5.85. The molecule has 1 amide bonds. The summed E-state index contributed by atoms with van der Waals surface area (Å²) in [7, 11) is 0. The van der Waals surface area contributed by atoms with Crippen molar-refractivity contribution in [1.82, 2.24) is 19.9 Å². The monoisotopic (exact) mass is 292 g/mol. The Morgan fingerprint density at radius 1 is 1.40 bits per heavy atom. The summed E-state index contributed by atoms with van der Waals surface area (Å²) in [5.74, 6) is -3.19. The van der Waals surface area contributed by atoms with Crippen LogP contribution in [0.15, 0.2) is 6.20 Å². The SMILES string of the molecule is O=C(O)c1cnnn1C1CCCN(C(=O)C(F)(F)F)C1. The molecule has 2 heterocycles. The number of piperidine rings is 1. The van der Waals surface area contributed by atoms with Gasteiger partial charge in [-0.1, -0.05) is 5.21 Å². The van der Waals surface area contributed by atoms with E-state index in [1.54, 1.807) is 0 Å². The Balaban J connectivity index is 2.17. The number of carbonyl (C=O) groups is 2. The number of carboxylic acids is 1. The molecule has 1 aliphatic heterocycles. The largest absolute Gasteiger partial charge is 0.476 e. The van der Waals surface area contributed by atoms with Crippen molar-refractivity contribution >= 4 is 11.9 Å². The smallest absolute Gasteiger partial charge is 0.471 e. The molecule has 1 aromatic heterocycles. The molecule has 0 spiro atoms. The van der Waals surface area contributed by atoms with Crippen LogP contribution in [0.4, 0.5) is 13.2 Å². The number of carbonyl (C=O) groups excluding carboxylic acids is 1. The molecular weight excluding hydrogens is 281 g/mol. The fourth-order valence-corrected chi connectivity index (χ4v) is 2.18. The number of likely N-dealkylation sites (tertiary alicyclic amines) is 1. The summed E-state index contributed by atoms with van der Waals surface area (Å²) >= 11 is 0. The van der Waals surface area contributed by atoms with Gasteiger partial charge in [0.25, 0.3) is 0 Å². The van der Waals surface area contributed by atoms with Gasteiger partial charge in [0.2, 0.25) is 0 Å². The third kappa shape index (κ3) is 2.73. The van der Waals surface area contributed by atoms with Gasteiger partial charge in [0, 0.05) is 13.1 Å². The first-order chi connectivity index (χ1) is 9.30. The first-order valence-electron chi connectivity index (χ1n) is 5.80. The summed E-state index contributed by atoms with van der Waals surface area (Å²) in [5.41, 5.74) is -0.212. The predicted molar refractivity (Wildman–Crippen MR) is 57.9 cm³/mol. The summed E-state index contributed by atoms with van der Waals surface area (Å²) in [6.45, 7) is -0.242. The number of carboxylic acid groups (broad SMARTS) is 1. The van der Waals surface area contributed by atoms with Crippen molar-refractivity contribution in [3.63, 3.8) is 0 Å². The maximum Gasteiger partial charge on any atom is 0.471 e. The van der Waals surface area contributed by atoms with Crippen LogP contribution >= 0.6 is 0 Å². The first-order valence-corrected chi connectivity index (χ1v) is 5.80. The molecule has 2 rings (SSSR count). The Labute approximate surface area is 111 Å². The van der Waals surface area contributed by atoms with Crippen molar-refractivity contribution in [3.05, 3.63) is 11.9 Å². The fourth-order valence-electron chi connectivity index (χ4n) is 2.18. The van der Waals surface area contributed by atoms with Crippen molar-refractivity contribution in [2.45, 2.75) is 25.1 Å². The van der Waals surface area contributed by atoms with Crippen molar-refractivity contribution in [3.8, 4) is 0 Å². The number of rotatable bonds is 2. The molecule has 0 radical (unpaired) electrons. The summed E-state index contributed by atoms with van der Waals surface area (Å²) < 4.78 is 38.2. The van der Waals surface area contributed by atoms with E-state index in [4.69, 9.17) is 5.11 Å². The Kier molecular flexibility index (Phi) is 3.64. The quantitative estimate of drug-likeness (QED) is 0.867. The molecule has 0 aromatic carbocycles. The van der Waals surface area contributed by atoms with Gasteiger partial charge in [-0.05, 0) is 12.8 Å². The van der Waals surface area contributed by atoms with E-state index < -0.39 is 24.1 Å². The number of aromatic nitrogens is 3. The van der Waals surface area contributed by atoms with Crippen molar-refractivity contribution in [2.24, 2.45) is 0 Å². The third-order valence-electron chi connectivity index (χ3n) is 3.07. The van der Waals surface area contributed by atoms with Gasteiger partial charge < -0.3 is 10.0 Å². The molecule has 7 nitrogen and oxygen atoms in total. The van der Waals surface area contributed by atoms with Gasteiger partial charge in [-0.3, -0.25) is 4.79 Å². The van der Waals surface area contributed by atoms with E-state index >= 15 is 0 Å².